The SMILES string of the molecule is O=C(C1CN(Cc2cccc(OCCO)c2)CC12CCOCC2)N1CCCC(F)(F)CC1. The molecule has 0 radical (unpaired) electrons. The highest BCUT2D eigenvalue weighted by Crippen LogP contribution is 2.46. The van der Waals surface area contributed by atoms with Gasteiger partial charge >= 0.3 is 0 Å². The van der Waals surface area contributed by atoms with Crippen molar-refractivity contribution in [2.45, 2.75) is 44.6 Å². The van der Waals surface area contributed by atoms with E-state index in [1.807, 2.05) is 24.3 Å². The maximum atomic E-state index is 13.9. The zero-order valence-corrected chi connectivity index (χ0v) is 18.6. The number of aliphatic hydroxyl groups is 1. The van der Waals surface area contributed by atoms with Gasteiger partial charge in [0.1, 0.15) is 12.4 Å². The van der Waals surface area contributed by atoms with Gasteiger partial charge in [0.05, 0.1) is 12.5 Å². The van der Waals surface area contributed by atoms with Gasteiger partial charge in [0.15, 0.2) is 0 Å². The fourth-order valence-electron chi connectivity index (χ4n) is 5.48. The Balaban J connectivity index is 1.47. The third-order valence-corrected chi connectivity index (χ3v) is 7.20. The van der Waals surface area contributed by atoms with Crippen LogP contribution in [-0.2, 0) is 16.1 Å². The number of carbonyl (C=O) groups is 1. The first kappa shape index (κ1) is 23.4. The highest BCUT2D eigenvalue weighted by molar-refractivity contribution is 5.80. The minimum Gasteiger partial charge on any atom is -0.491 e. The molecule has 32 heavy (non-hydrogen) atoms. The van der Waals surface area contributed by atoms with Gasteiger partial charge in [-0.25, -0.2) is 8.78 Å². The quantitative estimate of drug-likeness (QED) is 0.719. The van der Waals surface area contributed by atoms with Gasteiger partial charge in [0.2, 0.25) is 11.8 Å². The molecule has 3 aliphatic rings. The molecule has 0 aliphatic carbocycles. The summed E-state index contributed by atoms with van der Waals surface area (Å²) in [6.07, 6.45) is 1.62. The maximum Gasteiger partial charge on any atom is 0.249 e. The Kier molecular flexibility index (Phi) is 7.32. The summed E-state index contributed by atoms with van der Waals surface area (Å²) in [5.74, 6) is -2.11. The van der Waals surface area contributed by atoms with Gasteiger partial charge in [-0.15, -0.1) is 0 Å². The Morgan fingerprint density at radius 1 is 1.19 bits per heavy atom. The van der Waals surface area contributed by atoms with Crippen molar-refractivity contribution in [3.05, 3.63) is 29.8 Å². The molecule has 1 aromatic rings. The average Bonchev–Trinajstić information content (AvgIpc) is 2.99. The summed E-state index contributed by atoms with van der Waals surface area (Å²) in [6.45, 7) is 4.18. The van der Waals surface area contributed by atoms with Crippen LogP contribution in [0.1, 0.15) is 37.7 Å². The number of benzene rings is 1. The molecule has 1 spiro atoms. The van der Waals surface area contributed by atoms with E-state index in [0.717, 1.165) is 30.7 Å². The van der Waals surface area contributed by atoms with Crippen LogP contribution in [-0.4, -0.2) is 79.3 Å². The molecule has 3 fully saturated rings. The molecule has 6 nitrogen and oxygen atoms in total. The lowest BCUT2D eigenvalue weighted by Crippen LogP contribution is -2.46. The monoisotopic (exact) mass is 452 g/mol. The largest absolute Gasteiger partial charge is 0.491 e. The predicted octanol–water partition coefficient (Wildman–Crippen LogP) is 2.93. The Bertz CT molecular complexity index is 785. The normalized spacial score (nSPS) is 25.6. The third-order valence-electron chi connectivity index (χ3n) is 7.20. The van der Waals surface area contributed by atoms with Gasteiger partial charge in [-0.05, 0) is 37.0 Å². The molecular formula is C24H34F2N2O4. The van der Waals surface area contributed by atoms with E-state index in [2.05, 4.69) is 4.90 Å². The molecule has 0 bridgehead atoms. The maximum absolute atomic E-state index is 13.9. The average molecular weight is 453 g/mol. The zero-order valence-electron chi connectivity index (χ0n) is 18.6. The number of hydrogen-bond acceptors (Lipinski definition) is 5. The number of nitrogens with zero attached hydrogens (tertiary/aromatic N) is 2. The van der Waals surface area contributed by atoms with Crippen molar-refractivity contribution in [1.82, 2.24) is 9.80 Å². The Morgan fingerprint density at radius 3 is 2.78 bits per heavy atom. The van der Waals surface area contributed by atoms with Crippen LogP contribution in [0.3, 0.4) is 0 Å². The lowest BCUT2D eigenvalue weighted by atomic mass is 9.71. The van der Waals surface area contributed by atoms with Crippen molar-refractivity contribution in [3.8, 4) is 5.75 Å². The molecule has 0 saturated carbocycles. The summed E-state index contributed by atoms with van der Waals surface area (Å²) in [6, 6.07) is 7.81. The second-order valence-corrected chi connectivity index (χ2v) is 9.45. The van der Waals surface area contributed by atoms with Crippen LogP contribution in [0.4, 0.5) is 8.78 Å². The molecule has 8 heteroatoms. The molecule has 4 rings (SSSR count). The van der Waals surface area contributed by atoms with Crippen molar-refractivity contribution in [1.29, 1.82) is 0 Å². The Morgan fingerprint density at radius 2 is 2.00 bits per heavy atom. The lowest BCUT2D eigenvalue weighted by molar-refractivity contribution is -0.140. The highest BCUT2D eigenvalue weighted by atomic mass is 19.3. The van der Waals surface area contributed by atoms with Crippen LogP contribution in [0.2, 0.25) is 0 Å². The molecular weight excluding hydrogens is 418 g/mol. The predicted molar refractivity (Wildman–Crippen MR) is 116 cm³/mol. The van der Waals surface area contributed by atoms with E-state index in [4.69, 9.17) is 14.6 Å². The Hall–Kier alpha value is -1.77. The van der Waals surface area contributed by atoms with Crippen LogP contribution in [0, 0.1) is 11.3 Å². The van der Waals surface area contributed by atoms with Crippen molar-refractivity contribution in [3.63, 3.8) is 0 Å². The lowest BCUT2D eigenvalue weighted by Gasteiger charge is -2.39. The summed E-state index contributed by atoms with van der Waals surface area (Å²) >= 11 is 0. The summed E-state index contributed by atoms with van der Waals surface area (Å²) in [7, 11) is 0. The van der Waals surface area contributed by atoms with E-state index in [-0.39, 0.29) is 49.8 Å². The molecule has 1 atom stereocenters. The summed E-state index contributed by atoms with van der Waals surface area (Å²) in [5, 5.41) is 8.98. The van der Waals surface area contributed by atoms with E-state index in [0.29, 0.717) is 39.3 Å². The van der Waals surface area contributed by atoms with Gasteiger partial charge in [-0.3, -0.25) is 9.69 Å². The van der Waals surface area contributed by atoms with Crippen molar-refractivity contribution >= 4 is 5.91 Å². The van der Waals surface area contributed by atoms with Crippen LogP contribution < -0.4 is 4.74 Å². The van der Waals surface area contributed by atoms with Crippen molar-refractivity contribution < 1.29 is 28.2 Å². The van der Waals surface area contributed by atoms with Crippen LogP contribution in [0.25, 0.3) is 0 Å². The second-order valence-electron chi connectivity index (χ2n) is 9.45. The molecule has 1 N–H and O–H groups in total. The smallest absolute Gasteiger partial charge is 0.249 e. The van der Waals surface area contributed by atoms with Gasteiger partial charge in [0, 0.05) is 64.2 Å². The number of aliphatic hydroxyl groups excluding tert-OH is 1. The summed E-state index contributed by atoms with van der Waals surface area (Å²) < 4.78 is 38.8. The molecule has 1 aromatic carbocycles. The second kappa shape index (κ2) is 10.0. The molecule has 0 aromatic heterocycles. The van der Waals surface area contributed by atoms with Gasteiger partial charge in [0.25, 0.3) is 0 Å². The van der Waals surface area contributed by atoms with Gasteiger partial charge in [-0.2, -0.15) is 0 Å². The van der Waals surface area contributed by atoms with Crippen molar-refractivity contribution in [2.24, 2.45) is 11.3 Å². The fourth-order valence-corrected chi connectivity index (χ4v) is 5.48. The molecule has 3 heterocycles. The number of carbonyl (C=O) groups excluding carboxylic acids is 1. The van der Waals surface area contributed by atoms with Crippen LogP contribution in [0.15, 0.2) is 24.3 Å². The van der Waals surface area contributed by atoms with E-state index in [9.17, 15) is 13.6 Å². The van der Waals surface area contributed by atoms with E-state index >= 15 is 0 Å². The fraction of sp³-hybridized carbons (Fsp3) is 0.708. The molecule has 3 aliphatic heterocycles. The first-order valence-electron chi connectivity index (χ1n) is 11.7. The van der Waals surface area contributed by atoms with Crippen molar-refractivity contribution in [2.75, 3.05) is 52.6 Å². The molecule has 3 saturated heterocycles. The molecule has 1 unspecified atom stereocenters. The minimum absolute atomic E-state index is 0.0344. The first-order chi connectivity index (χ1) is 15.4. The topological polar surface area (TPSA) is 62.2 Å². The number of rotatable bonds is 6. The molecule has 178 valence electrons. The number of ether oxygens (including phenoxy) is 2. The standard InChI is InChI=1S/C24H34F2N2O4/c25-24(26)5-2-9-28(10-6-24)22(30)21-17-27(18-23(21)7-12-31-13-8-23)16-19-3-1-4-20(15-19)32-14-11-29/h1,3-4,15,21,29H,2,5-14,16-18H2. The Labute approximate surface area is 188 Å². The number of halogens is 2. The molecule has 1 amide bonds. The summed E-state index contributed by atoms with van der Waals surface area (Å²) in [4.78, 5) is 17.6. The number of hydrogen-bond donors (Lipinski definition) is 1. The number of amides is 1. The third kappa shape index (κ3) is 5.41. The van der Waals surface area contributed by atoms with Crippen LogP contribution in [0.5, 0.6) is 5.75 Å². The number of alkyl halides is 2. The van der Waals surface area contributed by atoms with E-state index in [1.165, 1.54) is 0 Å². The van der Waals surface area contributed by atoms with E-state index < -0.39 is 5.92 Å². The van der Waals surface area contributed by atoms with Gasteiger partial charge < -0.3 is 19.5 Å². The van der Waals surface area contributed by atoms with E-state index in [1.54, 1.807) is 4.90 Å². The first-order valence-corrected chi connectivity index (χ1v) is 11.7. The summed E-state index contributed by atoms with van der Waals surface area (Å²) in [5.41, 5.74) is 0.931. The van der Waals surface area contributed by atoms with Gasteiger partial charge in [-0.1, -0.05) is 12.1 Å². The number of likely N-dealkylation sites (tertiary alicyclic amines) is 2. The zero-order chi connectivity index (χ0) is 22.6. The highest BCUT2D eigenvalue weighted by Gasteiger charge is 2.51. The minimum atomic E-state index is -2.67. The van der Waals surface area contributed by atoms with Crippen LogP contribution >= 0.6 is 0 Å².